The van der Waals surface area contributed by atoms with Gasteiger partial charge in [0.15, 0.2) is 11.5 Å². The number of rotatable bonds is 3. The van der Waals surface area contributed by atoms with Gasteiger partial charge in [0.1, 0.15) is 0 Å². The first-order valence-corrected chi connectivity index (χ1v) is 10.9. The fourth-order valence-corrected chi connectivity index (χ4v) is 4.79. The van der Waals surface area contributed by atoms with Crippen molar-refractivity contribution < 1.29 is 31.1 Å². The van der Waals surface area contributed by atoms with Gasteiger partial charge in [0, 0.05) is 5.56 Å². The number of fused-ring (bicyclic) bond motifs is 1. The van der Waals surface area contributed by atoms with Crippen molar-refractivity contribution in [2.45, 2.75) is 11.1 Å². The molecule has 4 rings (SSSR count). The second-order valence-corrected chi connectivity index (χ2v) is 8.95. The Morgan fingerprint density at radius 2 is 1.42 bits per heavy atom. The predicted octanol–water partition coefficient (Wildman–Crippen LogP) is 5.72. The highest BCUT2D eigenvalue weighted by Gasteiger charge is 2.36. The number of ether oxygens (including phenoxy) is 2. The van der Waals surface area contributed by atoms with Crippen LogP contribution in [0, 0.1) is 0 Å². The van der Waals surface area contributed by atoms with E-state index in [-0.39, 0.29) is 22.8 Å². The smallest absolute Gasteiger partial charge is 0.419 e. The lowest BCUT2D eigenvalue weighted by Crippen LogP contribution is -2.13. The largest absolute Gasteiger partial charge is 0.454 e. The van der Waals surface area contributed by atoms with E-state index < -0.39 is 31.8 Å². The fourth-order valence-electron chi connectivity index (χ4n) is 3.34. The zero-order valence-electron chi connectivity index (χ0n) is 15.3. The summed E-state index contributed by atoms with van der Waals surface area (Å²) < 4.78 is 74.8. The summed E-state index contributed by atoms with van der Waals surface area (Å²) in [5.74, 6) is 0.672. The average Bonchev–Trinajstić information content (AvgIpc) is 3.12. The second kappa shape index (κ2) is 7.59. The highest BCUT2D eigenvalue weighted by atomic mass is 35.5. The zero-order chi connectivity index (χ0) is 22.6. The van der Waals surface area contributed by atoms with Crippen LogP contribution in [0.1, 0.15) is 5.56 Å². The molecule has 3 aromatic rings. The maximum atomic E-state index is 13.3. The fraction of sp³-hybridized carbons (Fsp3) is 0.100. The minimum Gasteiger partial charge on any atom is -0.454 e. The molecule has 0 saturated carbocycles. The van der Waals surface area contributed by atoms with Crippen molar-refractivity contribution in [3.8, 4) is 33.8 Å². The number of benzene rings is 3. The molecule has 0 atom stereocenters. The lowest BCUT2D eigenvalue weighted by molar-refractivity contribution is -0.137. The van der Waals surface area contributed by atoms with E-state index in [1.807, 2.05) is 0 Å². The number of hydrogen-bond acceptors (Lipinski definition) is 4. The summed E-state index contributed by atoms with van der Waals surface area (Å²) >= 11 is 11.8. The molecule has 0 radical (unpaired) electrons. The van der Waals surface area contributed by atoms with Gasteiger partial charge in [-0.1, -0.05) is 41.4 Å². The summed E-state index contributed by atoms with van der Waals surface area (Å²) in [7, 11) is -4.11. The number of nitrogens with two attached hydrogens (primary N) is 1. The molecule has 162 valence electrons. The topological polar surface area (TPSA) is 78.6 Å². The number of sulfonamides is 1. The maximum absolute atomic E-state index is 13.3. The van der Waals surface area contributed by atoms with Crippen LogP contribution in [-0.4, -0.2) is 15.2 Å². The van der Waals surface area contributed by atoms with E-state index in [4.69, 9.17) is 37.8 Å². The van der Waals surface area contributed by atoms with E-state index in [0.29, 0.717) is 22.6 Å². The molecule has 0 fully saturated rings. The highest BCUT2D eigenvalue weighted by molar-refractivity contribution is 7.89. The van der Waals surface area contributed by atoms with Gasteiger partial charge in [0.05, 0.1) is 20.5 Å². The van der Waals surface area contributed by atoms with E-state index in [2.05, 4.69) is 0 Å². The number of primary sulfonamides is 1. The molecule has 3 aromatic carbocycles. The van der Waals surface area contributed by atoms with Crippen LogP contribution in [0.15, 0.2) is 53.4 Å². The third kappa shape index (κ3) is 4.06. The first-order valence-electron chi connectivity index (χ1n) is 8.59. The van der Waals surface area contributed by atoms with Crippen LogP contribution in [0.4, 0.5) is 13.2 Å². The summed E-state index contributed by atoms with van der Waals surface area (Å²) in [6, 6.07) is 11.2. The lowest BCUT2D eigenvalue weighted by Gasteiger charge is -2.17. The van der Waals surface area contributed by atoms with Crippen molar-refractivity contribution in [2.75, 3.05) is 6.79 Å². The number of hydrogen-bond donors (Lipinski definition) is 1. The molecule has 0 spiro atoms. The molecule has 2 N–H and O–H groups in total. The van der Waals surface area contributed by atoms with Crippen LogP contribution in [0.3, 0.4) is 0 Å². The van der Waals surface area contributed by atoms with Crippen LogP contribution in [0.2, 0.25) is 10.0 Å². The first kappa shape index (κ1) is 21.8. The third-order valence-corrected chi connectivity index (χ3v) is 6.20. The second-order valence-electron chi connectivity index (χ2n) is 6.60. The van der Waals surface area contributed by atoms with Gasteiger partial charge in [0.25, 0.3) is 0 Å². The van der Waals surface area contributed by atoms with E-state index in [1.54, 1.807) is 6.07 Å². The summed E-state index contributed by atoms with van der Waals surface area (Å²) in [5.41, 5.74) is -0.0450. The standard InChI is InChI=1S/C20H12Cl2F3NO4S/c21-14-5-10(6-15(22)19(14)20(23,24)25)12-7-16-17(30-9-29-16)8-13(12)11-3-1-2-4-18(11)31(26,27)28/h1-8H,9H2,(H2,26,27,28). The summed E-state index contributed by atoms with van der Waals surface area (Å²) in [6.45, 7) is -0.0659. The Morgan fingerprint density at radius 3 is 1.97 bits per heavy atom. The lowest BCUT2D eigenvalue weighted by atomic mass is 9.93. The van der Waals surface area contributed by atoms with Crippen LogP contribution in [0.25, 0.3) is 22.3 Å². The summed E-state index contributed by atoms with van der Waals surface area (Å²) in [6.07, 6.45) is -4.75. The monoisotopic (exact) mass is 489 g/mol. The summed E-state index contributed by atoms with van der Waals surface area (Å²) in [5, 5.41) is 4.16. The molecular formula is C20H12Cl2F3NO4S. The van der Waals surface area contributed by atoms with Gasteiger partial charge in [0.2, 0.25) is 16.8 Å². The van der Waals surface area contributed by atoms with Gasteiger partial charge < -0.3 is 9.47 Å². The molecule has 0 aliphatic carbocycles. The van der Waals surface area contributed by atoms with Crippen LogP contribution in [-0.2, 0) is 16.2 Å². The molecule has 0 unspecified atom stereocenters. The van der Waals surface area contributed by atoms with Crippen molar-refractivity contribution in [1.82, 2.24) is 0 Å². The van der Waals surface area contributed by atoms with Crippen molar-refractivity contribution in [3.63, 3.8) is 0 Å². The molecule has 1 heterocycles. The van der Waals surface area contributed by atoms with Gasteiger partial charge in [-0.3, -0.25) is 0 Å². The first-order chi connectivity index (χ1) is 14.5. The van der Waals surface area contributed by atoms with Gasteiger partial charge in [-0.05, 0) is 47.0 Å². The molecule has 5 nitrogen and oxygen atoms in total. The van der Waals surface area contributed by atoms with Gasteiger partial charge in [-0.25, -0.2) is 13.6 Å². The number of alkyl halides is 3. The van der Waals surface area contributed by atoms with Gasteiger partial charge >= 0.3 is 6.18 Å². The van der Waals surface area contributed by atoms with Crippen LogP contribution < -0.4 is 14.6 Å². The molecular weight excluding hydrogens is 478 g/mol. The maximum Gasteiger partial charge on any atom is 0.419 e. The third-order valence-electron chi connectivity index (χ3n) is 4.63. The van der Waals surface area contributed by atoms with Crippen molar-refractivity contribution >= 4 is 33.2 Å². The highest BCUT2D eigenvalue weighted by Crippen LogP contribution is 2.47. The Balaban J connectivity index is 2.02. The average molecular weight is 490 g/mol. The quantitative estimate of drug-likeness (QED) is 0.509. The SMILES string of the molecule is NS(=O)(=O)c1ccccc1-c1cc2c(cc1-c1cc(Cl)c(C(F)(F)F)c(Cl)c1)OCO2. The zero-order valence-corrected chi connectivity index (χ0v) is 17.7. The number of halogens is 5. The van der Waals surface area contributed by atoms with E-state index >= 15 is 0 Å². The van der Waals surface area contributed by atoms with Crippen molar-refractivity contribution in [3.05, 3.63) is 64.1 Å². The molecule has 1 aliphatic heterocycles. The summed E-state index contributed by atoms with van der Waals surface area (Å²) in [4.78, 5) is -0.167. The molecule has 11 heteroatoms. The Kier molecular flexibility index (Phi) is 5.33. The van der Waals surface area contributed by atoms with E-state index in [9.17, 15) is 21.6 Å². The Morgan fingerprint density at radius 1 is 0.871 bits per heavy atom. The molecule has 0 amide bonds. The van der Waals surface area contributed by atoms with E-state index in [1.165, 1.54) is 30.3 Å². The predicted molar refractivity (Wildman–Crippen MR) is 110 cm³/mol. The Labute approximate surface area is 185 Å². The Hall–Kier alpha value is -2.46. The van der Waals surface area contributed by atoms with E-state index in [0.717, 1.165) is 12.1 Å². The molecule has 1 aliphatic rings. The normalized spacial score (nSPS) is 13.5. The van der Waals surface area contributed by atoms with Crippen molar-refractivity contribution in [2.24, 2.45) is 5.14 Å². The van der Waals surface area contributed by atoms with Gasteiger partial charge in [-0.15, -0.1) is 0 Å². The van der Waals surface area contributed by atoms with Crippen molar-refractivity contribution in [1.29, 1.82) is 0 Å². The minimum atomic E-state index is -4.75. The Bertz CT molecular complexity index is 1290. The molecule has 0 bridgehead atoms. The van der Waals surface area contributed by atoms with Crippen LogP contribution >= 0.6 is 23.2 Å². The molecule has 0 saturated heterocycles. The molecule has 0 aromatic heterocycles. The van der Waals surface area contributed by atoms with Gasteiger partial charge in [-0.2, -0.15) is 13.2 Å². The van der Waals surface area contributed by atoms with Crippen LogP contribution in [0.5, 0.6) is 11.5 Å². The molecule has 31 heavy (non-hydrogen) atoms. The minimum absolute atomic E-state index is 0.0659.